The molecule has 40 heavy (non-hydrogen) atoms. The molecule has 2 aliphatic rings. The number of likely N-dealkylation sites (tertiary alicyclic amines) is 1. The number of hydrogen-bond donors (Lipinski definition) is 2. The summed E-state index contributed by atoms with van der Waals surface area (Å²) >= 11 is 8.49. The molecule has 0 unspecified atom stereocenters. The van der Waals surface area contributed by atoms with E-state index in [4.69, 9.17) is 24.2 Å². The molecule has 7 nitrogen and oxygen atoms in total. The van der Waals surface area contributed by atoms with Crippen molar-refractivity contribution in [3.63, 3.8) is 0 Å². The molecule has 10 heteroatoms. The normalized spacial score (nSPS) is 18.1. The zero-order chi connectivity index (χ0) is 28.3. The molecule has 2 fully saturated rings. The van der Waals surface area contributed by atoms with Crippen LogP contribution in [0.15, 0.2) is 48.7 Å². The second-order valence-corrected chi connectivity index (χ2v) is 16.5. The van der Waals surface area contributed by atoms with Gasteiger partial charge in [-0.15, -0.1) is 0 Å². The second-order valence-electron chi connectivity index (χ2n) is 11.6. The highest BCUT2D eigenvalue weighted by Gasteiger charge is 2.38. The van der Waals surface area contributed by atoms with Crippen LogP contribution in [0.2, 0.25) is 5.02 Å². The van der Waals surface area contributed by atoms with Gasteiger partial charge in [0.2, 0.25) is 5.95 Å². The Labute approximate surface area is 257 Å². The summed E-state index contributed by atoms with van der Waals surface area (Å²) in [5, 5.41) is 8.29. The molecule has 1 aromatic heterocycles. The first kappa shape index (κ1) is 29.8. The molecule has 1 aliphatic heterocycles. The Morgan fingerprint density at radius 3 is 2.45 bits per heavy atom. The van der Waals surface area contributed by atoms with Gasteiger partial charge < -0.3 is 20.3 Å². The van der Waals surface area contributed by atoms with E-state index in [0.29, 0.717) is 28.1 Å². The molecule has 3 aromatic rings. The summed E-state index contributed by atoms with van der Waals surface area (Å²) in [7, 11) is 2.19. The average molecular weight is 695 g/mol. The molecule has 0 amide bonds. The molecule has 1 spiro atoms. The molecular formula is C30H39ClIN5O2P+. The molecule has 0 atom stereocenters. The van der Waals surface area contributed by atoms with Gasteiger partial charge in [-0.25, -0.2) is 4.98 Å². The lowest BCUT2D eigenvalue weighted by molar-refractivity contribution is 0.0741. The van der Waals surface area contributed by atoms with E-state index >= 15 is 0 Å². The molecule has 1 saturated carbocycles. The highest BCUT2D eigenvalue weighted by atomic mass is 127. The second kappa shape index (κ2) is 12.7. The number of ether oxygens (including phenoxy) is 1. The minimum absolute atomic E-state index is 0.439. The van der Waals surface area contributed by atoms with Gasteiger partial charge in [0.1, 0.15) is 16.1 Å². The van der Waals surface area contributed by atoms with E-state index in [9.17, 15) is 0 Å². The summed E-state index contributed by atoms with van der Waals surface area (Å²) < 4.78 is 11.6. The van der Waals surface area contributed by atoms with Gasteiger partial charge in [0.25, 0.3) is 0 Å². The zero-order valence-corrected chi connectivity index (χ0v) is 27.5. The Kier molecular flexibility index (Phi) is 9.42. The lowest BCUT2D eigenvalue weighted by Gasteiger charge is -2.45. The van der Waals surface area contributed by atoms with Gasteiger partial charge in [0, 0.05) is 0 Å². The molecule has 2 heterocycles. The topological polar surface area (TPSA) is 71.5 Å². The van der Waals surface area contributed by atoms with Crippen LogP contribution in [0.5, 0.6) is 5.75 Å². The monoisotopic (exact) mass is 694 g/mol. The summed E-state index contributed by atoms with van der Waals surface area (Å²) in [6.07, 6.45) is 9.45. The van der Waals surface area contributed by atoms with Crippen molar-refractivity contribution in [1.29, 1.82) is 0 Å². The summed E-state index contributed by atoms with van der Waals surface area (Å²) in [5.41, 5.74) is 3.66. The van der Waals surface area contributed by atoms with E-state index in [1.807, 2.05) is 41.2 Å². The van der Waals surface area contributed by atoms with Crippen LogP contribution in [0.25, 0.3) is 0 Å². The first-order chi connectivity index (χ1) is 19.2. The number of nitrogens with one attached hydrogen (secondary N) is 2. The molecule has 5 rings (SSSR count). The summed E-state index contributed by atoms with van der Waals surface area (Å²) in [5.74, 6) is 2.34. The fraction of sp³-hybridized carbons (Fsp3) is 0.467. The number of rotatable bonds is 8. The maximum absolute atomic E-state index is 6.51. The highest BCUT2D eigenvalue weighted by Crippen LogP contribution is 2.55. The minimum atomic E-state index is -1.77. The van der Waals surface area contributed by atoms with E-state index in [0.717, 1.165) is 22.4 Å². The molecular weight excluding hydrogens is 656 g/mol. The molecule has 214 valence electrons. The molecule has 1 aliphatic carbocycles. The third-order valence-electron chi connectivity index (χ3n) is 8.69. The molecule has 0 radical (unpaired) electrons. The Morgan fingerprint density at radius 1 is 1.02 bits per heavy atom. The van der Waals surface area contributed by atoms with Crippen molar-refractivity contribution in [2.75, 3.05) is 51.2 Å². The highest BCUT2D eigenvalue weighted by molar-refractivity contribution is 14.1. The van der Waals surface area contributed by atoms with E-state index in [2.05, 4.69) is 65.2 Å². The number of hydrogen-bond acceptors (Lipinski definition) is 7. The molecule has 2 aromatic carbocycles. The van der Waals surface area contributed by atoms with Gasteiger partial charge in [-0.3, -0.25) is 0 Å². The van der Waals surface area contributed by atoms with Crippen LogP contribution in [-0.2, 0) is 2.85 Å². The van der Waals surface area contributed by atoms with Gasteiger partial charge in [-0.05, 0) is 99.8 Å². The van der Waals surface area contributed by atoms with Crippen molar-refractivity contribution in [2.24, 2.45) is 5.41 Å². The van der Waals surface area contributed by atoms with Gasteiger partial charge in [-0.2, -0.15) is 7.84 Å². The first-order valence-electron chi connectivity index (χ1n) is 13.9. The predicted molar refractivity (Wildman–Crippen MR) is 177 cm³/mol. The van der Waals surface area contributed by atoms with Crippen LogP contribution in [0.1, 0.15) is 50.0 Å². The number of para-hydroxylation sites is 1. The summed E-state index contributed by atoms with van der Waals surface area (Å²) in [4.78, 5) is 11.6. The molecule has 2 N–H and O–H groups in total. The Hall–Kier alpha value is -1.71. The number of aromatic nitrogens is 2. The van der Waals surface area contributed by atoms with Crippen molar-refractivity contribution in [3.8, 4) is 5.75 Å². The van der Waals surface area contributed by atoms with E-state index in [-0.39, 0.29) is 0 Å². The van der Waals surface area contributed by atoms with Crippen molar-refractivity contribution in [1.82, 2.24) is 14.9 Å². The van der Waals surface area contributed by atoms with Gasteiger partial charge in [0.15, 0.2) is 36.3 Å². The Bertz CT molecular complexity index is 1330. The van der Waals surface area contributed by atoms with Crippen molar-refractivity contribution in [3.05, 3.63) is 59.2 Å². The van der Waals surface area contributed by atoms with Crippen molar-refractivity contribution < 1.29 is 7.59 Å². The smallest absolute Gasteiger partial charge is 0.229 e. The van der Waals surface area contributed by atoms with Gasteiger partial charge in [0.05, 0.1) is 38.0 Å². The van der Waals surface area contributed by atoms with Gasteiger partial charge >= 0.3 is 0 Å². The molecule has 1 saturated heterocycles. The fourth-order valence-electron chi connectivity index (χ4n) is 6.07. The van der Waals surface area contributed by atoms with E-state index < -0.39 is 7.49 Å². The number of methoxy groups -OCH3 is 1. The standard InChI is InChI=1S/C30H39ClIN5O2P/c1-37-17-15-30(16-18-37)13-11-21(12-14-30)22-9-10-24(26(19-22)38-2)35-29-33-20-23(31)28(36-29)34-25-7-5-6-8-27(25)40(3,4)39-32/h5-10,19-21H,11-18H2,1-4H3,(H2,33,34,35,36)/q+1. The largest absolute Gasteiger partial charge is 0.495 e. The third-order valence-corrected chi connectivity index (χ3v) is 13.8. The van der Waals surface area contributed by atoms with Crippen LogP contribution in [0, 0.1) is 5.41 Å². The quantitative estimate of drug-likeness (QED) is 0.182. The predicted octanol–water partition coefficient (Wildman–Crippen LogP) is 8.18. The average Bonchev–Trinajstić information content (AvgIpc) is 2.97. The van der Waals surface area contributed by atoms with E-state index in [1.54, 1.807) is 13.3 Å². The van der Waals surface area contributed by atoms with Crippen LogP contribution in [0.3, 0.4) is 0 Å². The van der Waals surface area contributed by atoms with E-state index in [1.165, 1.54) is 57.2 Å². The lowest BCUT2D eigenvalue weighted by atomic mass is 9.64. The van der Waals surface area contributed by atoms with Gasteiger partial charge in [-0.1, -0.05) is 29.8 Å². The van der Waals surface area contributed by atoms with Crippen molar-refractivity contribution in [2.45, 2.75) is 44.4 Å². The summed E-state index contributed by atoms with van der Waals surface area (Å²) in [6, 6.07) is 14.6. The van der Waals surface area contributed by atoms with Crippen molar-refractivity contribution >= 4 is 70.5 Å². The summed E-state index contributed by atoms with van der Waals surface area (Å²) in [6.45, 7) is 6.73. The van der Waals surface area contributed by atoms with Crippen LogP contribution in [0.4, 0.5) is 23.1 Å². The van der Waals surface area contributed by atoms with Crippen LogP contribution in [-0.4, -0.2) is 55.4 Å². The Balaban J connectivity index is 1.30. The number of halogens is 2. The number of benzene rings is 2. The zero-order valence-electron chi connectivity index (χ0n) is 23.7. The number of nitrogens with zero attached hydrogens (tertiary/aromatic N) is 3. The van der Waals surface area contributed by atoms with Crippen LogP contribution >= 0.6 is 42.1 Å². The minimum Gasteiger partial charge on any atom is -0.495 e. The molecule has 0 bridgehead atoms. The third kappa shape index (κ3) is 6.67. The SMILES string of the molecule is COc1cc(C2CCC3(CC2)CCN(C)CC3)ccc1Nc1ncc(Cl)c(Nc2ccccc2[P+](C)(C)OI)n1. The maximum atomic E-state index is 6.51. The number of piperidine rings is 1. The van der Waals surface area contributed by atoms with Crippen LogP contribution < -0.4 is 20.7 Å². The first-order valence-corrected chi connectivity index (χ1v) is 17.7. The fourth-order valence-corrected chi connectivity index (χ4v) is 8.08. The number of anilines is 4. The maximum Gasteiger partial charge on any atom is 0.229 e. The lowest BCUT2D eigenvalue weighted by Crippen LogP contribution is -2.39. The Morgan fingerprint density at radius 2 is 1.75 bits per heavy atom.